The molecule has 122 valence electrons. The SMILES string of the molecule is COc1ccc(-c2cc(=O)[nH]c(SCc3cccc(F)c3)n2)cc1. The molecule has 0 aliphatic heterocycles. The van der Waals surface area contributed by atoms with Crippen molar-refractivity contribution >= 4 is 11.8 Å². The highest BCUT2D eigenvalue weighted by atomic mass is 32.2. The molecule has 0 spiro atoms. The van der Waals surface area contributed by atoms with Crippen LogP contribution in [0.3, 0.4) is 0 Å². The van der Waals surface area contributed by atoms with Crippen LogP contribution in [-0.2, 0) is 5.75 Å². The molecule has 1 aromatic heterocycles. The minimum Gasteiger partial charge on any atom is -0.497 e. The number of rotatable bonds is 5. The Balaban J connectivity index is 1.81. The molecule has 0 atom stereocenters. The average Bonchev–Trinajstić information content (AvgIpc) is 2.60. The number of nitrogens with zero attached hydrogens (tertiary/aromatic N) is 1. The number of halogens is 1. The Morgan fingerprint density at radius 2 is 1.96 bits per heavy atom. The van der Waals surface area contributed by atoms with Gasteiger partial charge < -0.3 is 9.72 Å². The van der Waals surface area contributed by atoms with Gasteiger partial charge in [0.1, 0.15) is 11.6 Å². The molecule has 0 aliphatic rings. The summed E-state index contributed by atoms with van der Waals surface area (Å²) in [5.74, 6) is 0.984. The van der Waals surface area contributed by atoms with Gasteiger partial charge in [0.25, 0.3) is 5.56 Å². The molecule has 1 N–H and O–H groups in total. The lowest BCUT2D eigenvalue weighted by Crippen LogP contribution is -2.08. The minimum atomic E-state index is -0.276. The van der Waals surface area contributed by atoms with E-state index in [4.69, 9.17) is 4.74 Å². The zero-order valence-corrected chi connectivity index (χ0v) is 13.8. The van der Waals surface area contributed by atoms with Crippen molar-refractivity contribution in [2.45, 2.75) is 10.9 Å². The lowest BCUT2D eigenvalue weighted by molar-refractivity contribution is 0.415. The number of thioether (sulfide) groups is 1. The highest BCUT2D eigenvalue weighted by Gasteiger charge is 2.06. The molecular weight excluding hydrogens is 327 g/mol. The van der Waals surface area contributed by atoms with E-state index in [1.165, 1.54) is 30.0 Å². The van der Waals surface area contributed by atoms with Crippen LogP contribution >= 0.6 is 11.8 Å². The molecule has 0 saturated heterocycles. The second-order valence-corrected chi connectivity index (χ2v) is 6.05. The van der Waals surface area contributed by atoms with Gasteiger partial charge in [-0.05, 0) is 42.0 Å². The van der Waals surface area contributed by atoms with E-state index in [1.54, 1.807) is 13.2 Å². The van der Waals surface area contributed by atoms with Crippen LogP contribution in [0.15, 0.2) is 64.5 Å². The van der Waals surface area contributed by atoms with Crippen molar-refractivity contribution in [3.05, 3.63) is 76.3 Å². The van der Waals surface area contributed by atoms with E-state index in [1.807, 2.05) is 30.3 Å². The Labute approximate surface area is 142 Å². The average molecular weight is 342 g/mol. The van der Waals surface area contributed by atoms with Crippen LogP contribution in [0, 0.1) is 5.82 Å². The fourth-order valence-corrected chi connectivity index (χ4v) is 3.01. The van der Waals surface area contributed by atoms with E-state index in [0.29, 0.717) is 16.6 Å². The van der Waals surface area contributed by atoms with Crippen LogP contribution in [0.5, 0.6) is 5.75 Å². The highest BCUT2D eigenvalue weighted by molar-refractivity contribution is 7.98. The minimum absolute atomic E-state index is 0.224. The van der Waals surface area contributed by atoms with Crippen LogP contribution < -0.4 is 10.3 Å². The molecule has 0 unspecified atom stereocenters. The molecule has 0 bridgehead atoms. The Hall–Kier alpha value is -2.60. The van der Waals surface area contributed by atoms with Crippen LogP contribution in [-0.4, -0.2) is 17.1 Å². The third-order valence-electron chi connectivity index (χ3n) is 3.37. The van der Waals surface area contributed by atoms with Gasteiger partial charge in [-0.3, -0.25) is 4.79 Å². The molecule has 1 heterocycles. The van der Waals surface area contributed by atoms with Crippen molar-refractivity contribution in [2.24, 2.45) is 0 Å². The summed E-state index contributed by atoms with van der Waals surface area (Å²) in [4.78, 5) is 19.1. The number of aromatic nitrogens is 2. The van der Waals surface area contributed by atoms with E-state index in [-0.39, 0.29) is 11.4 Å². The predicted molar refractivity (Wildman–Crippen MR) is 92.8 cm³/mol. The number of hydrogen-bond acceptors (Lipinski definition) is 4. The summed E-state index contributed by atoms with van der Waals surface area (Å²) >= 11 is 1.35. The van der Waals surface area contributed by atoms with Gasteiger partial charge in [-0.25, -0.2) is 9.37 Å². The molecule has 0 fully saturated rings. The van der Waals surface area contributed by atoms with E-state index < -0.39 is 0 Å². The lowest BCUT2D eigenvalue weighted by atomic mass is 10.1. The van der Waals surface area contributed by atoms with E-state index in [0.717, 1.165) is 16.9 Å². The van der Waals surface area contributed by atoms with Crippen molar-refractivity contribution in [2.75, 3.05) is 7.11 Å². The van der Waals surface area contributed by atoms with E-state index >= 15 is 0 Å². The monoisotopic (exact) mass is 342 g/mol. The first-order valence-corrected chi connectivity index (χ1v) is 8.25. The third kappa shape index (κ3) is 4.02. The van der Waals surface area contributed by atoms with Gasteiger partial charge in [0.2, 0.25) is 0 Å². The molecule has 2 aromatic carbocycles. The van der Waals surface area contributed by atoms with E-state index in [2.05, 4.69) is 9.97 Å². The van der Waals surface area contributed by atoms with Gasteiger partial charge in [0.15, 0.2) is 5.16 Å². The highest BCUT2D eigenvalue weighted by Crippen LogP contribution is 2.23. The number of aromatic amines is 1. The van der Waals surface area contributed by atoms with E-state index in [9.17, 15) is 9.18 Å². The summed E-state index contributed by atoms with van der Waals surface area (Å²) < 4.78 is 18.3. The molecular formula is C18H15FN2O2S. The second kappa shape index (κ2) is 7.31. The number of H-pyrrole nitrogens is 1. The first-order chi connectivity index (χ1) is 11.6. The fourth-order valence-electron chi connectivity index (χ4n) is 2.19. The quantitative estimate of drug-likeness (QED) is 0.565. The van der Waals surface area contributed by atoms with Gasteiger partial charge >= 0.3 is 0 Å². The molecule has 6 heteroatoms. The Morgan fingerprint density at radius 1 is 1.17 bits per heavy atom. The predicted octanol–water partition coefficient (Wildman–Crippen LogP) is 3.88. The van der Waals surface area contributed by atoms with Crippen molar-refractivity contribution in [1.29, 1.82) is 0 Å². The smallest absolute Gasteiger partial charge is 0.252 e. The molecule has 0 amide bonds. The van der Waals surface area contributed by atoms with Crippen LogP contribution in [0.1, 0.15) is 5.56 Å². The Morgan fingerprint density at radius 3 is 2.67 bits per heavy atom. The standard InChI is InChI=1S/C18H15FN2O2S/c1-23-15-7-5-13(6-8-15)16-10-17(22)21-18(20-16)24-11-12-3-2-4-14(19)9-12/h2-10H,11H2,1H3,(H,20,21,22). The van der Waals surface area contributed by atoms with Crippen molar-refractivity contribution in [1.82, 2.24) is 9.97 Å². The van der Waals surface area contributed by atoms with Crippen molar-refractivity contribution in [3.63, 3.8) is 0 Å². The molecule has 0 radical (unpaired) electrons. The van der Waals surface area contributed by atoms with Gasteiger partial charge in [0.05, 0.1) is 12.8 Å². The topological polar surface area (TPSA) is 55.0 Å². The van der Waals surface area contributed by atoms with Gasteiger partial charge in [0, 0.05) is 17.4 Å². The molecule has 3 aromatic rings. The Bertz CT molecular complexity index is 894. The normalized spacial score (nSPS) is 10.6. The maximum atomic E-state index is 13.2. The largest absolute Gasteiger partial charge is 0.497 e. The third-order valence-corrected chi connectivity index (χ3v) is 4.31. The number of benzene rings is 2. The van der Waals surface area contributed by atoms with Gasteiger partial charge in [-0.2, -0.15) is 0 Å². The van der Waals surface area contributed by atoms with Crippen molar-refractivity contribution < 1.29 is 9.13 Å². The molecule has 3 rings (SSSR count). The van der Waals surface area contributed by atoms with Crippen LogP contribution in [0.2, 0.25) is 0 Å². The van der Waals surface area contributed by atoms with Gasteiger partial charge in [-0.1, -0.05) is 23.9 Å². The molecule has 4 nitrogen and oxygen atoms in total. The summed E-state index contributed by atoms with van der Waals surface area (Å²) in [6.45, 7) is 0. The fraction of sp³-hybridized carbons (Fsp3) is 0.111. The maximum Gasteiger partial charge on any atom is 0.252 e. The number of hydrogen-bond donors (Lipinski definition) is 1. The zero-order valence-electron chi connectivity index (χ0n) is 13.0. The summed E-state index contributed by atoms with van der Waals surface area (Å²) in [5, 5.41) is 0.498. The summed E-state index contributed by atoms with van der Waals surface area (Å²) in [6, 6.07) is 15.2. The number of methoxy groups -OCH3 is 1. The summed E-state index contributed by atoms with van der Waals surface area (Å²) in [6.07, 6.45) is 0. The first kappa shape index (κ1) is 16.3. The molecule has 0 saturated carbocycles. The lowest BCUT2D eigenvalue weighted by Gasteiger charge is -2.06. The van der Waals surface area contributed by atoms with Crippen molar-refractivity contribution in [3.8, 4) is 17.0 Å². The number of nitrogens with one attached hydrogen (secondary N) is 1. The second-order valence-electron chi connectivity index (χ2n) is 5.08. The van der Waals surface area contributed by atoms with Gasteiger partial charge in [-0.15, -0.1) is 0 Å². The summed E-state index contributed by atoms with van der Waals surface area (Å²) in [5.41, 5.74) is 2.02. The zero-order chi connectivity index (χ0) is 16.9. The first-order valence-electron chi connectivity index (χ1n) is 7.27. The Kier molecular flexibility index (Phi) is 4.96. The van der Waals surface area contributed by atoms with Crippen LogP contribution in [0.4, 0.5) is 4.39 Å². The summed E-state index contributed by atoms with van der Waals surface area (Å²) in [7, 11) is 1.60. The number of ether oxygens (including phenoxy) is 1. The molecule has 0 aliphatic carbocycles. The van der Waals surface area contributed by atoms with Crippen LogP contribution in [0.25, 0.3) is 11.3 Å². The molecule has 24 heavy (non-hydrogen) atoms. The maximum absolute atomic E-state index is 13.2.